The van der Waals surface area contributed by atoms with E-state index in [0.29, 0.717) is 6.42 Å². The van der Waals surface area contributed by atoms with Crippen LogP contribution in [0.2, 0.25) is 0 Å². The summed E-state index contributed by atoms with van der Waals surface area (Å²) in [6, 6.07) is 8.35. The van der Waals surface area contributed by atoms with Crippen LogP contribution in [0.5, 0.6) is 0 Å². The predicted molar refractivity (Wildman–Crippen MR) is 59.1 cm³/mol. The maximum absolute atomic E-state index is 11.5. The average Bonchev–Trinajstić information content (AvgIpc) is 2.47. The number of rotatable bonds is 0. The molecule has 0 bridgehead atoms. The molecular weight excluding hydrogens is 186 g/mol. The smallest absolute Gasteiger partial charge is 0.224 e. The molecule has 2 nitrogen and oxygen atoms in total. The Balaban J connectivity index is 2.07. The van der Waals surface area contributed by atoms with Crippen molar-refractivity contribution in [3.05, 3.63) is 41.0 Å². The van der Waals surface area contributed by atoms with Crippen LogP contribution in [0.15, 0.2) is 29.8 Å². The SMILES string of the molecule is O=C1CCCC2=C(N1)c1ccccc1C2. The Labute approximate surface area is 89.0 Å². The first kappa shape index (κ1) is 8.72. The normalized spacial score (nSPS) is 19.3. The third kappa shape index (κ3) is 1.37. The lowest BCUT2D eigenvalue weighted by atomic mass is 10.1. The van der Waals surface area contributed by atoms with Gasteiger partial charge in [0.05, 0.1) is 0 Å². The Morgan fingerprint density at radius 3 is 2.93 bits per heavy atom. The van der Waals surface area contributed by atoms with E-state index in [0.717, 1.165) is 25.0 Å². The molecule has 3 rings (SSSR count). The standard InChI is InChI=1S/C13H13NO/c15-12-7-3-5-10-8-9-4-1-2-6-11(9)13(10)14-12/h1-2,4,6H,3,5,7-8H2,(H,14,15). The number of fused-ring (bicyclic) bond motifs is 2. The van der Waals surface area contributed by atoms with Crippen LogP contribution in [0.4, 0.5) is 0 Å². The van der Waals surface area contributed by atoms with Gasteiger partial charge in [0.15, 0.2) is 0 Å². The van der Waals surface area contributed by atoms with Crippen LogP contribution >= 0.6 is 0 Å². The molecule has 1 aromatic carbocycles. The molecule has 0 aromatic heterocycles. The molecule has 1 aliphatic carbocycles. The van der Waals surface area contributed by atoms with Crippen LogP contribution in [0, 0.1) is 0 Å². The Morgan fingerprint density at radius 2 is 2.00 bits per heavy atom. The maximum atomic E-state index is 11.5. The van der Waals surface area contributed by atoms with Crippen molar-refractivity contribution in [2.24, 2.45) is 0 Å². The Hall–Kier alpha value is -1.57. The summed E-state index contributed by atoms with van der Waals surface area (Å²) in [6.07, 6.45) is 3.72. The van der Waals surface area contributed by atoms with E-state index in [2.05, 4.69) is 23.5 Å². The van der Waals surface area contributed by atoms with Crippen molar-refractivity contribution in [1.82, 2.24) is 5.32 Å². The zero-order valence-electron chi connectivity index (χ0n) is 8.55. The highest BCUT2D eigenvalue weighted by atomic mass is 16.1. The highest BCUT2D eigenvalue weighted by Gasteiger charge is 2.24. The summed E-state index contributed by atoms with van der Waals surface area (Å²) < 4.78 is 0. The van der Waals surface area contributed by atoms with Crippen LogP contribution in [-0.4, -0.2) is 5.91 Å². The van der Waals surface area contributed by atoms with Crippen molar-refractivity contribution in [3.63, 3.8) is 0 Å². The molecule has 1 aromatic rings. The molecular formula is C13H13NO. The fraction of sp³-hybridized carbons (Fsp3) is 0.308. The van der Waals surface area contributed by atoms with E-state index in [4.69, 9.17) is 0 Å². The Morgan fingerprint density at radius 1 is 1.13 bits per heavy atom. The van der Waals surface area contributed by atoms with Gasteiger partial charge in [-0.25, -0.2) is 0 Å². The molecule has 1 amide bonds. The lowest BCUT2D eigenvalue weighted by Crippen LogP contribution is -2.19. The third-order valence-electron chi connectivity index (χ3n) is 3.19. The molecule has 0 saturated heterocycles. The van der Waals surface area contributed by atoms with Crippen molar-refractivity contribution >= 4 is 11.6 Å². The number of carbonyl (C=O) groups is 1. The maximum Gasteiger partial charge on any atom is 0.224 e. The fourth-order valence-corrected chi connectivity index (χ4v) is 2.46. The summed E-state index contributed by atoms with van der Waals surface area (Å²) in [6.45, 7) is 0. The molecule has 2 aliphatic rings. The monoisotopic (exact) mass is 199 g/mol. The quantitative estimate of drug-likeness (QED) is 0.682. The van der Waals surface area contributed by atoms with Crippen molar-refractivity contribution < 1.29 is 4.79 Å². The van der Waals surface area contributed by atoms with Crippen molar-refractivity contribution in [2.75, 3.05) is 0 Å². The van der Waals surface area contributed by atoms with E-state index in [1.54, 1.807) is 0 Å². The number of amides is 1. The molecule has 1 N–H and O–H groups in total. The minimum Gasteiger partial charge on any atom is -0.326 e. The summed E-state index contributed by atoms with van der Waals surface area (Å²) >= 11 is 0. The number of carbonyl (C=O) groups excluding carboxylic acids is 1. The second-order valence-electron chi connectivity index (χ2n) is 4.21. The molecule has 76 valence electrons. The number of benzene rings is 1. The first-order valence-corrected chi connectivity index (χ1v) is 5.45. The van der Waals surface area contributed by atoms with E-state index in [1.165, 1.54) is 16.7 Å². The lowest BCUT2D eigenvalue weighted by molar-refractivity contribution is -0.119. The highest BCUT2D eigenvalue weighted by molar-refractivity contribution is 5.90. The molecule has 0 saturated carbocycles. The van der Waals surface area contributed by atoms with Gasteiger partial charge in [0, 0.05) is 17.7 Å². The zero-order valence-corrected chi connectivity index (χ0v) is 8.55. The van der Waals surface area contributed by atoms with Crippen LogP contribution in [0.1, 0.15) is 30.4 Å². The van der Waals surface area contributed by atoms with Crippen LogP contribution in [-0.2, 0) is 11.2 Å². The van der Waals surface area contributed by atoms with E-state index < -0.39 is 0 Å². The number of hydrogen-bond acceptors (Lipinski definition) is 1. The summed E-state index contributed by atoms with van der Waals surface area (Å²) in [7, 11) is 0. The van der Waals surface area contributed by atoms with Gasteiger partial charge in [-0.2, -0.15) is 0 Å². The van der Waals surface area contributed by atoms with Gasteiger partial charge in [-0.3, -0.25) is 4.79 Å². The molecule has 1 heterocycles. The van der Waals surface area contributed by atoms with E-state index in [9.17, 15) is 4.79 Å². The van der Waals surface area contributed by atoms with Gasteiger partial charge in [0.25, 0.3) is 0 Å². The van der Waals surface area contributed by atoms with E-state index >= 15 is 0 Å². The minimum absolute atomic E-state index is 0.164. The van der Waals surface area contributed by atoms with E-state index in [-0.39, 0.29) is 5.91 Å². The summed E-state index contributed by atoms with van der Waals surface area (Å²) in [5, 5.41) is 3.04. The van der Waals surface area contributed by atoms with Gasteiger partial charge < -0.3 is 5.32 Å². The molecule has 0 atom stereocenters. The van der Waals surface area contributed by atoms with Gasteiger partial charge in [-0.05, 0) is 30.4 Å². The largest absolute Gasteiger partial charge is 0.326 e. The van der Waals surface area contributed by atoms with Crippen molar-refractivity contribution in [2.45, 2.75) is 25.7 Å². The molecule has 0 unspecified atom stereocenters. The molecule has 15 heavy (non-hydrogen) atoms. The predicted octanol–water partition coefficient (Wildman–Crippen LogP) is 2.25. The topological polar surface area (TPSA) is 29.1 Å². The molecule has 1 aliphatic heterocycles. The van der Waals surface area contributed by atoms with Gasteiger partial charge in [-0.15, -0.1) is 0 Å². The van der Waals surface area contributed by atoms with Crippen LogP contribution in [0.3, 0.4) is 0 Å². The van der Waals surface area contributed by atoms with Crippen molar-refractivity contribution in [1.29, 1.82) is 0 Å². The van der Waals surface area contributed by atoms with Crippen LogP contribution < -0.4 is 5.32 Å². The first-order chi connectivity index (χ1) is 7.34. The van der Waals surface area contributed by atoms with Gasteiger partial charge in [0.1, 0.15) is 0 Å². The molecule has 2 heteroatoms. The Kier molecular flexibility index (Phi) is 1.88. The first-order valence-electron chi connectivity index (χ1n) is 5.45. The zero-order chi connectivity index (χ0) is 10.3. The Bertz CT molecular complexity index is 459. The van der Waals surface area contributed by atoms with Crippen LogP contribution in [0.25, 0.3) is 5.70 Å². The van der Waals surface area contributed by atoms with Gasteiger partial charge >= 0.3 is 0 Å². The average molecular weight is 199 g/mol. The van der Waals surface area contributed by atoms with E-state index in [1.807, 2.05) is 6.07 Å². The molecule has 0 fully saturated rings. The summed E-state index contributed by atoms with van der Waals surface area (Å²) in [5.74, 6) is 0.164. The lowest BCUT2D eigenvalue weighted by Gasteiger charge is -2.06. The van der Waals surface area contributed by atoms with Gasteiger partial charge in [-0.1, -0.05) is 24.3 Å². The molecule has 0 spiro atoms. The number of allylic oxidation sites excluding steroid dienone is 1. The third-order valence-corrected chi connectivity index (χ3v) is 3.19. The number of hydrogen-bond donors (Lipinski definition) is 1. The second-order valence-corrected chi connectivity index (χ2v) is 4.21. The minimum atomic E-state index is 0.164. The second kappa shape index (κ2) is 3.23. The highest BCUT2D eigenvalue weighted by Crippen LogP contribution is 2.34. The summed E-state index contributed by atoms with van der Waals surface area (Å²) in [4.78, 5) is 11.5. The van der Waals surface area contributed by atoms with Gasteiger partial charge in [0.2, 0.25) is 5.91 Å². The van der Waals surface area contributed by atoms with Crippen molar-refractivity contribution in [3.8, 4) is 0 Å². The summed E-state index contributed by atoms with van der Waals surface area (Å²) in [5.41, 5.74) is 5.07. The molecule has 0 radical (unpaired) electrons. The fourth-order valence-electron chi connectivity index (χ4n) is 2.46. The number of nitrogens with one attached hydrogen (secondary N) is 1.